The minimum atomic E-state index is -0.146. The number of ether oxygens (including phenoxy) is 1. The van der Waals surface area contributed by atoms with Gasteiger partial charge in [-0.1, -0.05) is 6.07 Å². The summed E-state index contributed by atoms with van der Waals surface area (Å²) in [7, 11) is 0. The van der Waals surface area contributed by atoms with Crippen molar-refractivity contribution in [3.05, 3.63) is 29.3 Å². The Balaban J connectivity index is 1.70. The lowest BCUT2D eigenvalue weighted by Gasteiger charge is -2.11. The molecule has 4 heteroatoms. The zero-order chi connectivity index (χ0) is 13.7. The van der Waals surface area contributed by atoms with Gasteiger partial charge in [0.15, 0.2) is 0 Å². The minimum absolute atomic E-state index is 0.146. The Morgan fingerprint density at radius 2 is 2.11 bits per heavy atom. The van der Waals surface area contributed by atoms with E-state index in [4.69, 9.17) is 4.74 Å². The Labute approximate surface area is 114 Å². The average Bonchev–Trinajstić information content (AvgIpc) is 2.81. The fourth-order valence-corrected chi connectivity index (χ4v) is 2.28. The molecule has 1 aliphatic rings. The molecule has 19 heavy (non-hydrogen) atoms. The van der Waals surface area contributed by atoms with E-state index in [9.17, 15) is 4.79 Å². The molecule has 2 rings (SSSR count). The van der Waals surface area contributed by atoms with Crippen LogP contribution < -0.4 is 15.4 Å². The van der Waals surface area contributed by atoms with Gasteiger partial charge in [0, 0.05) is 6.04 Å². The van der Waals surface area contributed by atoms with Gasteiger partial charge < -0.3 is 15.4 Å². The highest BCUT2D eigenvalue weighted by atomic mass is 16.5. The quantitative estimate of drug-likeness (QED) is 0.800. The molecule has 0 spiro atoms. The second-order valence-electron chi connectivity index (χ2n) is 5.19. The summed E-state index contributed by atoms with van der Waals surface area (Å²) in [5.74, 6) is 0.895. The van der Waals surface area contributed by atoms with Crippen LogP contribution in [0.4, 0.5) is 4.79 Å². The van der Waals surface area contributed by atoms with E-state index in [-0.39, 0.29) is 12.1 Å². The monoisotopic (exact) mass is 262 g/mol. The van der Waals surface area contributed by atoms with Crippen LogP contribution in [0.3, 0.4) is 0 Å². The number of hydrogen-bond donors (Lipinski definition) is 2. The number of carbonyl (C=O) groups is 1. The number of carbonyl (C=O) groups excluding carboxylic acids is 1. The topological polar surface area (TPSA) is 50.4 Å². The van der Waals surface area contributed by atoms with Crippen molar-refractivity contribution < 1.29 is 9.53 Å². The van der Waals surface area contributed by atoms with Crippen LogP contribution in [0.5, 0.6) is 5.75 Å². The predicted molar refractivity (Wildman–Crippen MR) is 75.6 cm³/mol. The van der Waals surface area contributed by atoms with E-state index in [2.05, 4.69) is 22.8 Å². The van der Waals surface area contributed by atoms with Crippen molar-refractivity contribution in [3.63, 3.8) is 0 Å². The van der Waals surface area contributed by atoms with Crippen LogP contribution in [0.1, 0.15) is 31.4 Å². The number of rotatable bonds is 5. The molecule has 2 amide bonds. The molecule has 0 unspecified atom stereocenters. The second kappa shape index (κ2) is 6.45. The summed E-state index contributed by atoms with van der Waals surface area (Å²) in [5.41, 5.74) is 2.85. The first-order chi connectivity index (χ1) is 9.15. The van der Waals surface area contributed by atoms with Gasteiger partial charge in [-0.3, -0.25) is 0 Å². The van der Waals surface area contributed by atoms with Crippen molar-refractivity contribution in [1.29, 1.82) is 0 Å². The predicted octanol–water partition coefficient (Wildman–Crippen LogP) is 2.26. The van der Waals surface area contributed by atoms with Crippen LogP contribution >= 0.6 is 0 Å². The summed E-state index contributed by atoms with van der Waals surface area (Å²) in [5, 5.41) is 5.53. The zero-order valence-corrected chi connectivity index (χ0v) is 11.7. The molecule has 0 saturated heterocycles. The Morgan fingerprint density at radius 3 is 2.89 bits per heavy atom. The molecule has 0 aliphatic heterocycles. The molecule has 1 aromatic rings. The van der Waals surface area contributed by atoms with E-state index in [1.807, 2.05) is 19.9 Å². The smallest absolute Gasteiger partial charge is 0.315 e. The lowest BCUT2D eigenvalue weighted by atomic mass is 10.1. The summed E-state index contributed by atoms with van der Waals surface area (Å²) >= 11 is 0. The number of nitrogens with one attached hydrogen (secondary N) is 2. The van der Waals surface area contributed by atoms with Crippen LogP contribution in [-0.2, 0) is 12.8 Å². The molecule has 0 bridgehead atoms. The van der Waals surface area contributed by atoms with Gasteiger partial charge in [-0.15, -0.1) is 0 Å². The normalized spacial score (nSPS) is 13.2. The Morgan fingerprint density at radius 1 is 1.32 bits per heavy atom. The van der Waals surface area contributed by atoms with Gasteiger partial charge in [0.25, 0.3) is 0 Å². The second-order valence-corrected chi connectivity index (χ2v) is 5.19. The summed E-state index contributed by atoms with van der Waals surface area (Å²) < 4.78 is 5.64. The van der Waals surface area contributed by atoms with Gasteiger partial charge in [-0.05, 0) is 56.4 Å². The lowest BCUT2D eigenvalue weighted by Crippen LogP contribution is -2.41. The first-order valence-corrected chi connectivity index (χ1v) is 6.94. The number of amides is 2. The molecule has 104 valence electrons. The van der Waals surface area contributed by atoms with Crippen molar-refractivity contribution in [2.45, 2.75) is 39.2 Å². The summed E-state index contributed by atoms with van der Waals surface area (Å²) in [4.78, 5) is 11.3. The van der Waals surface area contributed by atoms with E-state index in [0.717, 1.165) is 12.2 Å². The van der Waals surface area contributed by atoms with Gasteiger partial charge >= 0.3 is 6.03 Å². The Bertz CT molecular complexity index is 444. The molecule has 1 aromatic carbocycles. The number of hydrogen-bond acceptors (Lipinski definition) is 2. The minimum Gasteiger partial charge on any atom is -0.492 e. The molecule has 2 N–H and O–H groups in total. The van der Waals surface area contributed by atoms with E-state index >= 15 is 0 Å². The van der Waals surface area contributed by atoms with Gasteiger partial charge in [-0.2, -0.15) is 0 Å². The highest BCUT2D eigenvalue weighted by molar-refractivity contribution is 5.74. The zero-order valence-electron chi connectivity index (χ0n) is 11.7. The lowest BCUT2D eigenvalue weighted by molar-refractivity contribution is 0.234. The third kappa shape index (κ3) is 4.16. The van der Waals surface area contributed by atoms with Gasteiger partial charge in [-0.25, -0.2) is 4.79 Å². The van der Waals surface area contributed by atoms with Crippen molar-refractivity contribution >= 4 is 6.03 Å². The number of benzene rings is 1. The average molecular weight is 262 g/mol. The number of fused-ring (bicyclic) bond motifs is 1. The third-order valence-electron chi connectivity index (χ3n) is 3.15. The maximum Gasteiger partial charge on any atom is 0.315 e. The molecule has 4 nitrogen and oxygen atoms in total. The van der Waals surface area contributed by atoms with Gasteiger partial charge in [0.05, 0.1) is 6.54 Å². The molecule has 0 aromatic heterocycles. The number of urea groups is 1. The highest BCUT2D eigenvalue weighted by Gasteiger charge is 2.11. The van der Waals surface area contributed by atoms with Crippen molar-refractivity contribution in [1.82, 2.24) is 10.6 Å². The maximum absolute atomic E-state index is 11.3. The Kier molecular flexibility index (Phi) is 4.66. The largest absolute Gasteiger partial charge is 0.492 e. The van der Waals surface area contributed by atoms with E-state index in [1.165, 1.54) is 24.0 Å². The first-order valence-electron chi connectivity index (χ1n) is 6.94. The van der Waals surface area contributed by atoms with Crippen LogP contribution in [0.2, 0.25) is 0 Å². The Hall–Kier alpha value is -1.71. The molecule has 0 heterocycles. The summed E-state index contributed by atoms with van der Waals surface area (Å²) in [6.45, 7) is 4.86. The van der Waals surface area contributed by atoms with Crippen LogP contribution in [0.25, 0.3) is 0 Å². The first kappa shape index (κ1) is 13.7. The van der Waals surface area contributed by atoms with Gasteiger partial charge in [0.1, 0.15) is 12.4 Å². The van der Waals surface area contributed by atoms with Gasteiger partial charge in [0.2, 0.25) is 0 Å². The highest BCUT2D eigenvalue weighted by Crippen LogP contribution is 2.25. The summed E-state index contributed by atoms with van der Waals surface area (Å²) in [6, 6.07) is 6.29. The summed E-state index contributed by atoms with van der Waals surface area (Å²) in [6.07, 6.45) is 3.59. The van der Waals surface area contributed by atoms with E-state index in [0.29, 0.717) is 13.2 Å². The molecular formula is C15H22N2O2. The fourth-order valence-electron chi connectivity index (χ4n) is 2.28. The maximum atomic E-state index is 11.3. The van der Waals surface area contributed by atoms with Crippen molar-refractivity contribution in [3.8, 4) is 5.75 Å². The van der Waals surface area contributed by atoms with Crippen LogP contribution in [0, 0.1) is 0 Å². The SMILES string of the molecule is CC(C)NC(=O)NCCOc1ccc2c(c1)CCC2. The molecule has 0 radical (unpaired) electrons. The molecule has 0 fully saturated rings. The molecular weight excluding hydrogens is 240 g/mol. The number of aryl methyl sites for hydroxylation is 2. The van der Waals surface area contributed by atoms with E-state index < -0.39 is 0 Å². The molecule has 0 atom stereocenters. The van der Waals surface area contributed by atoms with Crippen LogP contribution in [-0.4, -0.2) is 25.2 Å². The standard InChI is InChI=1S/C15H22N2O2/c1-11(2)17-15(18)16-8-9-19-14-7-6-12-4-3-5-13(12)10-14/h6-7,10-11H,3-5,8-9H2,1-2H3,(H2,16,17,18). The van der Waals surface area contributed by atoms with Crippen LogP contribution in [0.15, 0.2) is 18.2 Å². The van der Waals surface area contributed by atoms with Crippen molar-refractivity contribution in [2.75, 3.05) is 13.2 Å². The van der Waals surface area contributed by atoms with Crippen molar-refractivity contribution in [2.24, 2.45) is 0 Å². The third-order valence-corrected chi connectivity index (χ3v) is 3.15. The fraction of sp³-hybridized carbons (Fsp3) is 0.533. The van der Waals surface area contributed by atoms with E-state index in [1.54, 1.807) is 0 Å². The molecule has 0 saturated carbocycles. The molecule has 1 aliphatic carbocycles.